The van der Waals surface area contributed by atoms with Crippen LogP contribution in [0, 0.1) is 17.0 Å². The third-order valence-electron chi connectivity index (χ3n) is 2.15. The average Bonchev–Trinajstić information content (AvgIpc) is 2.26. The van der Waals surface area contributed by atoms with Crippen molar-refractivity contribution in [3.8, 4) is 5.75 Å². The maximum Gasteiger partial charge on any atom is 0.339 e. The van der Waals surface area contributed by atoms with E-state index in [1.807, 2.05) is 0 Å². The highest BCUT2D eigenvalue weighted by atomic mass is 16.6. The molecule has 0 unspecified atom stereocenters. The lowest BCUT2D eigenvalue weighted by Gasteiger charge is -2.10. The zero-order valence-corrected chi connectivity index (χ0v) is 9.17. The Hall–Kier alpha value is -2.37. The fraction of sp³-hybridized carbons (Fsp3) is 0.182. The van der Waals surface area contributed by atoms with Crippen LogP contribution in [-0.2, 0) is 0 Å². The van der Waals surface area contributed by atoms with E-state index in [1.54, 1.807) is 0 Å². The van der Waals surface area contributed by atoms with Crippen LogP contribution in [0.25, 0.3) is 0 Å². The number of ether oxygens (including phenoxy) is 1. The first kappa shape index (κ1) is 12.7. The number of carboxylic acid groups (broad SMARTS) is 1. The summed E-state index contributed by atoms with van der Waals surface area (Å²) in [6.45, 7) is 4.96. The minimum absolute atomic E-state index is 0.00611. The molecule has 1 aromatic rings. The number of carboxylic acids is 1. The topological polar surface area (TPSA) is 89.7 Å². The molecule has 90 valence electrons. The SMILES string of the molecule is C=CCOc1c(C(=O)O)ccc([N+](=O)[O-])c1C. The van der Waals surface area contributed by atoms with Crippen molar-refractivity contribution >= 4 is 11.7 Å². The molecule has 6 nitrogen and oxygen atoms in total. The number of nitro benzene ring substituents is 1. The Morgan fingerprint density at radius 3 is 2.76 bits per heavy atom. The summed E-state index contributed by atoms with van der Waals surface area (Å²) in [5.74, 6) is -1.19. The first-order chi connectivity index (χ1) is 7.99. The lowest BCUT2D eigenvalue weighted by Crippen LogP contribution is -2.06. The van der Waals surface area contributed by atoms with Crippen molar-refractivity contribution in [1.29, 1.82) is 0 Å². The van der Waals surface area contributed by atoms with Gasteiger partial charge in [-0.15, -0.1) is 0 Å². The Morgan fingerprint density at radius 1 is 1.65 bits per heavy atom. The van der Waals surface area contributed by atoms with Crippen LogP contribution in [0.5, 0.6) is 5.75 Å². The predicted octanol–water partition coefficient (Wildman–Crippen LogP) is 2.17. The van der Waals surface area contributed by atoms with E-state index in [0.717, 1.165) is 12.1 Å². The zero-order valence-electron chi connectivity index (χ0n) is 9.17. The summed E-state index contributed by atoms with van der Waals surface area (Å²) < 4.78 is 5.17. The van der Waals surface area contributed by atoms with Crippen molar-refractivity contribution < 1.29 is 19.6 Å². The van der Waals surface area contributed by atoms with Crippen LogP contribution >= 0.6 is 0 Å². The van der Waals surface area contributed by atoms with Gasteiger partial charge in [-0.2, -0.15) is 0 Å². The molecule has 0 spiro atoms. The Labute approximate surface area is 97.3 Å². The normalized spacial score (nSPS) is 9.71. The van der Waals surface area contributed by atoms with Gasteiger partial charge in [-0.05, 0) is 13.0 Å². The largest absolute Gasteiger partial charge is 0.488 e. The van der Waals surface area contributed by atoms with E-state index in [4.69, 9.17) is 9.84 Å². The van der Waals surface area contributed by atoms with Gasteiger partial charge in [0.1, 0.15) is 17.9 Å². The molecule has 0 heterocycles. The van der Waals surface area contributed by atoms with E-state index >= 15 is 0 Å². The molecule has 0 atom stereocenters. The summed E-state index contributed by atoms with van der Waals surface area (Å²) in [4.78, 5) is 21.1. The number of benzene rings is 1. The summed E-state index contributed by atoms with van der Waals surface area (Å²) in [6, 6.07) is 2.31. The Morgan fingerprint density at radius 2 is 2.29 bits per heavy atom. The highest BCUT2D eigenvalue weighted by Gasteiger charge is 2.21. The molecule has 0 aliphatic carbocycles. The van der Waals surface area contributed by atoms with Gasteiger partial charge in [0.05, 0.1) is 10.5 Å². The Kier molecular flexibility index (Phi) is 3.82. The number of rotatable bonds is 5. The van der Waals surface area contributed by atoms with E-state index in [2.05, 4.69) is 6.58 Å². The monoisotopic (exact) mass is 237 g/mol. The van der Waals surface area contributed by atoms with Gasteiger partial charge < -0.3 is 9.84 Å². The fourth-order valence-electron chi connectivity index (χ4n) is 1.38. The molecular weight excluding hydrogens is 226 g/mol. The van der Waals surface area contributed by atoms with E-state index in [0.29, 0.717) is 0 Å². The molecule has 0 saturated carbocycles. The van der Waals surface area contributed by atoms with Crippen molar-refractivity contribution in [2.45, 2.75) is 6.92 Å². The number of aromatic carboxylic acids is 1. The molecule has 0 aliphatic rings. The van der Waals surface area contributed by atoms with Crippen LogP contribution < -0.4 is 4.74 Å². The van der Waals surface area contributed by atoms with Crippen LogP contribution in [0.1, 0.15) is 15.9 Å². The van der Waals surface area contributed by atoms with Crippen LogP contribution in [-0.4, -0.2) is 22.6 Å². The quantitative estimate of drug-likeness (QED) is 0.481. The standard InChI is InChI=1S/C11H11NO5/c1-3-6-17-10-7(2)9(12(15)16)5-4-8(10)11(13)14/h3-5H,1,6H2,2H3,(H,13,14). The zero-order chi connectivity index (χ0) is 13.0. The minimum atomic E-state index is -1.19. The molecule has 17 heavy (non-hydrogen) atoms. The Bertz CT molecular complexity index is 481. The second-order valence-electron chi connectivity index (χ2n) is 3.25. The van der Waals surface area contributed by atoms with Gasteiger partial charge in [0, 0.05) is 6.07 Å². The minimum Gasteiger partial charge on any atom is -0.488 e. The molecule has 0 aliphatic heterocycles. The first-order valence-electron chi connectivity index (χ1n) is 4.74. The molecule has 0 aromatic heterocycles. The summed E-state index contributed by atoms with van der Waals surface area (Å²) >= 11 is 0. The van der Waals surface area contributed by atoms with Gasteiger partial charge in [0.25, 0.3) is 5.69 Å². The lowest BCUT2D eigenvalue weighted by atomic mass is 10.1. The summed E-state index contributed by atoms with van der Waals surface area (Å²) in [7, 11) is 0. The molecule has 0 saturated heterocycles. The lowest BCUT2D eigenvalue weighted by molar-refractivity contribution is -0.385. The van der Waals surface area contributed by atoms with Gasteiger partial charge in [0.15, 0.2) is 0 Å². The smallest absolute Gasteiger partial charge is 0.339 e. The predicted molar refractivity (Wildman–Crippen MR) is 60.5 cm³/mol. The first-order valence-corrected chi connectivity index (χ1v) is 4.74. The number of carbonyl (C=O) groups is 1. The van der Waals surface area contributed by atoms with Gasteiger partial charge >= 0.3 is 5.97 Å². The number of hydrogen-bond donors (Lipinski definition) is 1. The average molecular weight is 237 g/mol. The second kappa shape index (κ2) is 5.11. The van der Waals surface area contributed by atoms with Crippen LogP contribution in [0.4, 0.5) is 5.69 Å². The summed E-state index contributed by atoms with van der Waals surface area (Å²) in [5, 5.41) is 19.7. The second-order valence-corrected chi connectivity index (χ2v) is 3.25. The molecule has 1 aromatic carbocycles. The molecule has 6 heteroatoms. The maximum atomic E-state index is 10.9. The highest BCUT2D eigenvalue weighted by molar-refractivity contribution is 5.92. The number of nitro groups is 1. The van der Waals surface area contributed by atoms with E-state index in [-0.39, 0.29) is 29.2 Å². The van der Waals surface area contributed by atoms with Crippen molar-refractivity contribution in [1.82, 2.24) is 0 Å². The molecule has 0 radical (unpaired) electrons. The van der Waals surface area contributed by atoms with Crippen molar-refractivity contribution in [3.63, 3.8) is 0 Å². The van der Waals surface area contributed by atoms with E-state index in [1.165, 1.54) is 13.0 Å². The van der Waals surface area contributed by atoms with Crippen molar-refractivity contribution in [2.75, 3.05) is 6.61 Å². The van der Waals surface area contributed by atoms with Gasteiger partial charge in [-0.1, -0.05) is 12.7 Å². The molecule has 0 bridgehead atoms. The van der Waals surface area contributed by atoms with E-state index < -0.39 is 10.9 Å². The van der Waals surface area contributed by atoms with Crippen LogP contribution in [0.15, 0.2) is 24.8 Å². The molecular formula is C11H11NO5. The van der Waals surface area contributed by atoms with Gasteiger partial charge in [-0.3, -0.25) is 10.1 Å². The molecule has 1 N–H and O–H groups in total. The van der Waals surface area contributed by atoms with E-state index in [9.17, 15) is 14.9 Å². The van der Waals surface area contributed by atoms with Crippen molar-refractivity contribution in [2.24, 2.45) is 0 Å². The molecule has 0 fully saturated rings. The number of hydrogen-bond acceptors (Lipinski definition) is 4. The van der Waals surface area contributed by atoms with Gasteiger partial charge in [-0.25, -0.2) is 4.79 Å². The highest BCUT2D eigenvalue weighted by Crippen LogP contribution is 2.31. The third-order valence-corrected chi connectivity index (χ3v) is 2.15. The summed E-state index contributed by atoms with van der Waals surface area (Å²) in [6.07, 6.45) is 1.43. The number of nitrogens with zero attached hydrogens (tertiary/aromatic N) is 1. The molecule has 1 rings (SSSR count). The Balaban J connectivity index is 3.35. The fourth-order valence-corrected chi connectivity index (χ4v) is 1.38. The van der Waals surface area contributed by atoms with Crippen LogP contribution in [0.3, 0.4) is 0 Å². The molecule has 0 amide bonds. The summed E-state index contributed by atoms with van der Waals surface area (Å²) in [5.41, 5.74) is -0.0826. The van der Waals surface area contributed by atoms with Gasteiger partial charge in [0.2, 0.25) is 0 Å². The van der Waals surface area contributed by atoms with Crippen molar-refractivity contribution in [3.05, 3.63) is 46.0 Å². The third kappa shape index (κ3) is 2.60. The van der Waals surface area contributed by atoms with Crippen LogP contribution in [0.2, 0.25) is 0 Å². The maximum absolute atomic E-state index is 10.9.